The van der Waals surface area contributed by atoms with E-state index in [9.17, 15) is 4.79 Å². The summed E-state index contributed by atoms with van der Waals surface area (Å²) in [5.41, 5.74) is 2.56. The van der Waals surface area contributed by atoms with E-state index in [1.807, 2.05) is 23.1 Å². The Kier molecular flexibility index (Phi) is 3.69. The Balaban J connectivity index is 1.63. The van der Waals surface area contributed by atoms with Crippen LogP contribution in [0.1, 0.15) is 12.5 Å². The van der Waals surface area contributed by atoms with E-state index in [1.165, 1.54) is 6.39 Å². The summed E-state index contributed by atoms with van der Waals surface area (Å²) in [4.78, 5) is 20.7. The van der Waals surface area contributed by atoms with Crippen molar-refractivity contribution in [2.75, 3.05) is 32.7 Å². The lowest BCUT2D eigenvalue weighted by Gasteiger charge is -2.34. The third kappa shape index (κ3) is 2.67. The topological polar surface area (TPSA) is 49.6 Å². The summed E-state index contributed by atoms with van der Waals surface area (Å²) in [5.74, 6) is 0.194. The van der Waals surface area contributed by atoms with Gasteiger partial charge in [-0.05, 0) is 24.2 Å². The number of fused-ring (bicyclic) bond motifs is 1. The molecule has 5 nitrogen and oxygen atoms in total. The van der Waals surface area contributed by atoms with Gasteiger partial charge < -0.3 is 14.2 Å². The average molecular weight is 273 g/mol. The van der Waals surface area contributed by atoms with Crippen molar-refractivity contribution >= 4 is 17.0 Å². The van der Waals surface area contributed by atoms with Gasteiger partial charge in [-0.2, -0.15) is 0 Å². The van der Waals surface area contributed by atoms with Gasteiger partial charge in [0.05, 0.1) is 6.42 Å². The van der Waals surface area contributed by atoms with Gasteiger partial charge in [-0.1, -0.05) is 13.0 Å². The zero-order valence-electron chi connectivity index (χ0n) is 11.7. The van der Waals surface area contributed by atoms with Crippen molar-refractivity contribution in [3.05, 3.63) is 30.2 Å². The summed E-state index contributed by atoms with van der Waals surface area (Å²) >= 11 is 0. The van der Waals surface area contributed by atoms with Gasteiger partial charge in [0.15, 0.2) is 12.0 Å². The molecule has 0 unspecified atom stereocenters. The fourth-order valence-corrected chi connectivity index (χ4v) is 2.61. The van der Waals surface area contributed by atoms with Crippen LogP contribution in [0.5, 0.6) is 0 Å². The molecule has 0 spiro atoms. The summed E-state index contributed by atoms with van der Waals surface area (Å²) in [6, 6.07) is 5.75. The third-order valence-electron chi connectivity index (χ3n) is 3.92. The van der Waals surface area contributed by atoms with E-state index in [0.29, 0.717) is 6.42 Å². The molecule has 0 bridgehead atoms. The predicted molar refractivity (Wildman–Crippen MR) is 76.4 cm³/mol. The van der Waals surface area contributed by atoms with Crippen LogP contribution in [0, 0.1) is 0 Å². The molecule has 20 heavy (non-hydrogen) atoms. The van der Waals surface area contributed by atoms with Crippen LogP contribution < -0.4 is 0 Å². The summed E-state index contributed by atoms with van der Waals surface area (Å²) in [6.07, 6.45) is 1.86. The number of oxazole rings is 1. The number of hydrogen-bond donors (Lipinski definition) is 0. The number of likely N-dealkylation sites (N-methyl/N-ethyl adjacent to an activating group) is 1. The average Bonchev–Trinajstić information content (AvgIpc) is 2.95. The first-order valence-corrected chi connectivity index (χ1v) is 7.08. The maximum absolute atomic E-state index is 12.3. The van der Waals surface area contributed by atoms with Crippen LogP contribution in [0.3, 0.4) is 0 Å². The monoisotopic (exact) mass is 273 g/mol. The molecule has 1 aliphatic heterocycles. The number of benzene rings is 1. The highest BCUT2D eigenvalue weighted by molar-refractivity contribution is 5.81. The molecule has 1 aliphatic rings. The van der Waals surface area contributed by atoms with Crippen LogP contribution in [-0.4, -0.2) is 53.4 Å². The summed E-state index contributed by atoms with van der Waals surface area (Å²) in [6.45, 7) is 6.83. The van der Waals surface area contributed by atoms with Gasteiger partial charge in [-0.15, -0.1) is 0 Å². The quantitative estimate of drug-likeness (QED) is 0.851. The largest absolute Gasteiger partial charge is 0.443 e. The summed E-state index contributed by atoms with van der Waals surface area (Å²) in [5, 5.41) is 0. The number of nitrogens with zero attached hydrogens (tertiary/aromatic N) is 3. The van der Waals surface area contributed by atoms with Crippen LogP contribution in [-0.2, 0) is 11.2 Å². The third-order valence-corrected chi connectivity index (χ3v) is 3.92. The van der Waals surface area contributed by atoms with Gasteiger partial charge >= 0.3 is 0 Å². The van der Waals surface area contributed by atoms with Gasteiger partial charge in [0.2, 0.25) is 5.91 Å². The van der Waals surface area contributed by atoms with Crippen LogP contribution in [0.2, 0.25) is 0 Å². The predicted octanol–water partition coefficient (Wildman–Crippen LogP) is 1.53. The van der Waals surface area contributed by atoms with Crippen LogP contribution in [0.15, 0.2) is 29.0 Å². The number of hydrogen-bond acceptors (Lipinski definition) is 4. The molecule has 1 amide bonds. The van der Waals surface area contributed by atoms with Crippen LogP contribution in [0.4, 0.5) is 0 Å². The Morgan fingerprint density at radius 3 is 2.85 bits per heavy atom. The number of aromatic nitrogens is 1. The van der Waals surface area contributed by atoms with E-state index < -0.39 is 0 Å². The molecule has 1 saturated heterocycles. The number of carbonyl (C=O) groups is 1. The van der Waals surface area contributed by atoms with E-state index in [0.717, 1.165) is 49.4 Å². The lowest BCUT2D eigenvalue weighted by Crippen LogP contribution is -2.48. The van der Waals surface area contributed by atoms with Gasteiger partial charge in [-0.25, -0.2) is 4.98 Å². The molecule has 1 fully saturated rings. The number of amides is 1. The van der Waals surface area contributed by atoms with E-state index in [-0.39, 0.29) is 5.91 Å². The van der Waals surface area contributed by atoms with Crippen LogP contribution in [0.25, 0.3) is 11.1 Å². The van der Waals surface area contributed by atoms with Crippen molar-refractivity contribution in [3.63, 3.8) is 0 Å². The second kappa shape index (κ2) is 5.63. The molecule has 0 radical (unpaired) electrons. The SMILES string of the molecule is CCN1CCN(C(=O)Cc2ccc3ncoc3c2)CC1. The minimum atomic E-state index is 0.194. The van der Waals surface area contributed by atoms with Crippen molar-refractivity contribution in [3.8, 4) is 0 Å². The lowest BCUT2D eigenvalue weighted by atomic mass is 10.1. The maximum Gasteiger partial charge on any atom is 0.227 e. The first-order valence-electron chi connectivity index (χ1n) is 7.08. The van der Waals surface area contributed by atoms with E-state index in [1.54, 1.807) is 0 Å². The molecule has 3 rings (SSSR count). The Labute approximate surface area is 118 Å². The standard InChI is InChI=1S/C15H19N3O2/c1-2-17-5-7-18(8-6-17)15(19)10-12-3-4-13-14(9-12)20-11-16-13/h3-4,9,11H,2,5-8,10H2,1H3. The minimum absolute atomic E-state index is 0.194. The molecule has 1 aromatic carbocycles. The fourth-order valence-electron chi connectivity index (χ4n) is 2.61. The van der Waals surface area contributed by atoms with Crippen LogP contribution >= 0.6 is 0 Å². The Morgan fingerprint density at radius 2 is 2.10 bits per heavy atom. The molecular weight excluding hydrogens is 254 g/mol. The van der Waals surface area contributed by atoms with Gasteiger partial charge in [0.25, 0.3) is 0 Å². The molecule has 0 saturated carbocycles. The van der Waals surface area contributed by atoms with E-state index >= 15 is 0 Å². The van der Waals surface area contributed by atoms with Gasteiger partial charge in [-0.3, -0.25) is 4.79 Å². The highest BCUT2D eigenvalue weighted by atomic mass is 16.3. The highest BCUT2D eigenvalue weighted by Gasteiger charge is 2.20. The second-order valence-corrected chi connectivity index (χ2v) is 5.15. The zero-order valence-corrected chi connectivity index (χ0v) is 11.7. The second-order valence-electron chi connectivity index (χ2n) is 5.15. The van der Waals surface area contributed by atoms with E-state index in [2.05, 4.69) is 16.8 Å². The van der Waals surface area contributed by atoms with Crippen molar-refractivity contribution < 1.29 is 9.21 Å². The normalized spacial score (nSPS) is 16.8. The molecule has 0 atom stereocenters. The molecule has 0 aliphatic carbocycles. The summed E-state index contributed by atoms with van der Waals surface area (Å²) < 4.78 is 5.27. The van der Waals surface area contributed by atoms with Crippen molar-refractivity contribution in [1.82, 2.24) is 14.8 Å². The number of rotatable bonds is 3. The van der Waals surface area contributed by atoms with Crippen molar-refractivity contribution in [2.45, 2.75) is 13.3 Å². The Morgan fingerprint density at radius 1 is 1.30 bits per heavy atom. The minimum Gasteiger partial charge on any atom is -0.443 e. The first kappa shape index (κ1) is 13.1. The maximum atomic E-state index is 12.3. The highest BCUT2D eigenvalue weighted by Crippen LogP contribution is 2.15. The van der Waals surface area contributed by atoms with Crippen molar-refractivity contribution in [2.24, 2.45) is 0 Å². The lowest BCUT2D eigenvalue weighted by molar-refractivity contribution is -0.132. The summed E-state index contributed by atoms with van der Waals surface area (Å²) in [7, 11) is 0. The number of carbonyl (C=O) groups excluding carboxylic acids is 1. The molecule has 5 heteroatoms. The van der Waals surface area contributed by atoms with Gasteiger partial charge in [0, 0.05) is 26.2 Å². The van der Waals surface area contributed by atoms with Crippen molar-refractivity contribution in [1.29, 1.82) is 0 Å². The molecular formula is C15H19N3O2. The van der Waals surface area contributed by atoms with E-state index in [4.69, 9.17) is 4.42 Å². The molecule has 2 aromatic rings. The Bertz CT molecular complexity index is 600. The molecule has 0 N–H and O–H groups in total. The Hall–Kier alpha value is -1.88. The molecule has 2 heterocycles. The van der Waals surface area contributed by atoms with Gasteiger partial charge in [0.1, 0.15) is 5.52 Å². The fraction of sp³-hybridized carbons (Fsp3) is 0.467. The zero-order chi connectivity index (χ0) is 13.9. The first-order chi connectivity index (χ1) is 9.76. The number of piperazine rings is 1. The molecule has 1 aromatic heterocycles. The molecule has 106 valence electrons. The smallest absolute Gasteiger partial charge is 0.227 e.